The fraction of sp³-hybridized carbons (Fsp3) is 0.333. The minimum absolute atomic E-state index is 0.146. The molecule has 0 saturated heterocycles. The van der Waals surface area contributed by atoms with Gasteiger partial charge in [0.25, 0.3) is 5.91 Å². The first-order valence-electron chi connectivity index (χ1n) is 8.77. The summed E-state index contributed by atoms with van der Waals surface area (Å²) in [5.41, 5.74) is 0.881. The maximum absolute atomic E-state index is 11.8. The van der Waals surface area contributed by atoms with Crippen molar-refractivity contribution in [1.82, 2.24) is 5.32 Å². The zero-order valence-corrected chi connectivity index (χ0v) is 15.0. The second-order valence-corrected chi connectivity index (χ2v) is 6.61. The molecule has 0 radical (unpaired) electrons. The molecule has 0 spiro atoms. The van der Waals surface area contributed by atoms with Crippen LogP contribution in [0.15, 0.2) is 42.5 Å². The Bertz CT molecular complexity index is 839. The van der Waals surface area contributed by atoms with Gasteiger partial charge >= 0.3 is 5.97 Å². The van der Waals surface area contributed by atoms with Crippen LogP contribution < -0.4 is 10.1 Å². The van der Waals surface area contributed by atoms with Crippen LogP contribution in [-0.4, -0.2) is 31.6 Å². The summed E-state index contributed by atoms with van der Waals surface area (Å²) in [4.78, 5) is 23.5. The molecule has 2 aromatic rings. The van der Waals surface area contributed by atoms with E-state index < -0.39 is 5.97 Å². The molecule has 1 aliphatic rings. The third-order valence-corrected chi connectivity index (χ3v) is 4.55. The molecule has 136 valence electrons. The van der Waals surface area contributed by atoms with Crippen LogP contribution in [0.3, 0.4) is 0 Å². The summed E-state index contributed by atoms with van der Waals surface area (Å²) in [5, 5.41) is 4.96. The number of benzene rings is 2. The average Bonchev–Trinajstić information content (AvgIpc) is 3.49. The van der Waals surface area contributed by atoms with Gasteiger partial charge in [-0.15, -0.1) is 0 Å². The number of rotatable bonds is 7. The molecule has 0 bridgehead atoms. The standard InChI is InChI=1S/C21H23NO4/c1-14(16-6-7-16)22-20(23)13-26-21(24)10-4-15-3-5-18-12-19(25-2)9-8-17(18)11-15/h3-5,8-12,14,16H,6-7,13H2,1-2H3,(H,22,23)/b10-4+/t14-/m0/s1. The second kappa shape index (κ2) is 8.04. The van der Waals surface area contributed by atoms with E-state index in [1.807, 2.05) is 43.3 Å². The predicted octanol–water partition coefficient (Wildman–Crippen LogP) is 3.32. The van der Waals surface area contributed by atoms with Crippen LogP contribution in [0.1, 0.15) is 25.3 Å². The van der Waals surface area contributed by atoms with E-state index in [1.165, 1.54) is 6.08 Å². The van der Waals surface area contributed by atoms with E-state index >= 15 is 0 Å². The largest absolute Gasteiger partial charge is 0.497 e. The molecule has 1 amide bonds. The zero-order chi connectivity index (χ0) is 18.5. The van der Waals surface area contributed by atoms with Gasteiger partial charge in [-0.3, -0.25) is 4.79 Å². The van der Waals surface area contributed by atoms with E-state index in [9.17, 15) is 9.59 Å². The summed E-state index contributed by atoms with van der Waals surface area (Å²) >= 11 is 0. The Balaban J connectivity index is 1.52. The van der Waals surface area contributed by atoms with E-state index in [4.69, 9.17) is 9.47 Å². The molecule has 0 aromatic heterocycles. The van der Waals surface area contributed by atoms with Gasteiger partial charge in [-0.2, -0.15) is 0 Å². The van der Waals surface area contributed by atoms with E-state index in [0.29, 0.717) is 5.92 Å². The molecular weight excluding hydrogens is 330 g/mol. The van der Waals surface area contributed by atoms with Gasteiger partial charge < -0.3 is 14.8 Å². The van der Waals surface area contributed by atoms with Crippen molar-refractivity contribution in [1.29, 1.82) is 0 Å². The van der Waals surface area contributed by atoms with Crippen molar-refractivity contribution in [3.8, 4) is 5.75 Å². The van der Waals surface area contributed by atoms with Crippen molar-refractivity contribution in [2.75, 3.05) is 13.7 Å². The van der Waals surface area contributed by atoms with Crippen LogP contribution in [0.2, 0.25) is 0 Å². The maximum atomic E-state index is 11.8. The summed E-state index contributed by atoms with van der Waals surface area (Å²) in [5.74, 6) is 0.584. The average molecular weight is 353 g/mol. The lowest BCUT2D eigenvalue weighted by Gasteiger charge is -2.12. The van der Waals surface area contributed by atoms with Gasteiger partial charge in [-0.1, -0.05) is 18.2 Å². The molecule has 0 heterocycles. The molecule has 1 saturated carbocycles. The topological polar surface area (TPSA) is 64.6 Å². The molecule has 26 heavy (non-hydrogen) atoms. The fourth-order valence-electron chi connectivity index (χ4n) is 2.83. The van der Waals surface area contributed by atoms with Gasteiger partial charge in [-0.25, -0.2) is 4.79 Å². The van der Waals surface area contributed by atoms with E-state index in [-0.39, 0.29) is 18.6 Å². The minimum atomic E-state index is -0.533. The lowest BCUT2D eigenvalue weighted by molar-refractivity contribution is -0.144. The van der Waals surface area contributed by atoms with Gasteiger partial charge in [0.2, 0.25) is 0 Å². The highest BCUT2D eigenvalue weighted by atomic mass is 16.5. The predicted molar refractivity (Wildman–Crippen MR) is 101 cm³/mol. The molecule has 1 fully saturated rings. The Kier molecular flexibility index (Phi) is 5.56. The highest BCUT2D eigenvalue weighted by molar-refractivity contribution is 5.91. The summed E-state index contributed by atoms with van der Waals surface area (Å²) in [6.45, 7) is 1.73. The third-order valence-electron chi connectivity index (χ3n) is 4.55. The Morgan fingerprint density at radius 1 is 1.19 bits per heavy atom. The lowest BCUT2D eigenvalue weighted by atomic mass is 10.1. The Labute approximate surface area is 153 Å². The Hall–Kier alpha value is -2.82. The number of nitrogens with one attached hydrogen (secondary N) is 1. The number of esters is 1. The van der Waals surface area contributed by atoms with Crippen LogP contribution in [-0.2, 0) is 14.3 Å². The molecule has 1 aliphatic carbocycles. The van der Waals surface area contributed by atoms with Crippen LogP contribution in [0.4, 0.5) is 0 Å². The minimum Gasteiger partial charge on any atom is -0.497 e. The lowest BCUT2D eigenvalue weighted by Crippen LogP contribution is -2.36. The molecule has 0 unspecified atom stereocenters. The van der Waals surface area contributed by atoms with Crippen LogP contribution in [0, 0.1) is 5.92 Å². The molecule has 5 heteroatoms. The van der Waals surface area contributed by atoms with E-state index in [2.05, 4.69) is 5.32 Å². The maximum Gasteiger partial charge on any atom is 0.331 e. The van der Waals surface area contributed by atoms with E-state index in [0.717, 1.165) is 34.9 Å². The van der Waals surface area contributed by atoms with Crippen LogP contribution in [0.25, 0.3) is 16.8 Å². The first-order valence-corrected chi connectivity index (χ1v) is 8.77. The smallest absolute Gasteiger partial charge is 0.331 e. The highest BCUT2D eigenvalue weighted by Crippen LogP contribution is 2.32. The number of carbonyl (C=O) groups is 2. The highest BCUT2D eigenvalue weighted by Gasteiger charge is 2.28. The van der Waals surface area contributed by atoms with Gasteiger partial charge in [-0.05, 0) is 66.3 Å². The number of carbonyl (C=O) groups excluding carboxylic acids is 2. The van der Waals surface area contributed by atoms with E-state index in [1.54, 1.807) is 13.2 Å². The molecule has 0 aliphatic heterocycles. The van der Waals surface area contributed by atoms with Crippen molar-refractivity contribution in [2.24, 2.45) is 5.92 Å². The second-order valence-electron chi connectivity index (χ2n) is 6.61. The SMILES string of the molecule is COc1ccc2cc(/C=C/C(=O)OCC(=O)N[C@@H](C)C3CC3)ccc2c1. The first-order chi connectivity index (χ1) is 12.5. The van der Waals surface area contributed by atoms with Gasteiger partial charge in [0.05, 0.1) is 7.11 Å². The zero-order valence-electron chi connectivity index (χ0n) is 15.0. The van der Waals surface area contributed by atoms with Gasteiger partial charge in [0.15, 0.2) is 6.61 Å². The van der Waals surface area contributed by atoms with Crippen molar-refractivity contribution in [3.63, 3.8) is 0 Å². The first kappa shape index (κ1) is 18.0. The molecule has 5 nitrogen and oxygen atoms in total. The molecular formula is C21H23NO4. The molecule has 2 aromatic carbocycles. The summed E-state index contributed by atoms with van der Waals surface area (Å²) in [7, 11) is 1.64. The molecule has 3 rings (SSSR count). The summed E-state index contributed by atoms with van der Waals surface area (Å²) in [6.07, 6.45) is 5.32. The van der Waals surface area contributed by atoms with Crippen LogP contribution in [0.5, 0.6) is 5.75 Å². The Morgan fingerprint density at radius 3 is 2.65 bits per heavy atom. The number of methoxy groups -OCH3 is 1. The molecule has 1 atom stereocenters. The number of hydrogen-bond acceptors (Lipinski definition) is 4. The normalized spacial score (nSPS) is 15.0. The van der Waals surface area contributed by atoms with Gasteiger partial charge in [0.1, 0.15) is 5.75 Å². The number of hydrogen-bond donors (Lipinski definition) is 1. The van der Waals surface area contributed by atoms with Gasteiger partial charge in [0, 0.05) is 12.1 Å². The number of amides is 1. The Morgan fingerprint density at radius 2 is 1.92 bits per heavy atom. The summed E-state index contributed by atoms with van der Waals surface area (Å²) in [6, 6.07) is 11.8. The van der Waals surface area contributed by atoms with Crippen molar-refractivity contribution < 1.29 is 19.1 Å². The summed E-state index contributed by atoms with van der Waals surface area (Å²) < 4.78 is 10.2. The van der Waals surface area contributed by atoms with Crippen molar-refractivity contribution in [2.45, 2.75) is 25.8 Å². The monoisotopic (exact) mass is 353 g/mol. The molecule has 1 N–H and O–H groups in total. The number of ether oxygens (including phenoxy) is 2. The third kappa shape index (κ3) is 4.85. The quantitative estimate of drug-likeness (QED) is 0.613. The van der Waals surface area contributed by atoms with Crippen LogP contribution >= 0.6 is 0 Å². The van der Waals surface area contributed by atoms with Crippen molar-refractivity contribution >= 4 is 28.7 Å². The van der Waals surface area contributed by atoms with Crippen molar-refractivity contribution in [3.05, 3.63) is 48.0 Å². The number of fused-ring (bicyclic) bond motifs is 1. The fourth-order valence-corrected chi connectivity index (χ4v) is 2.83.